The van der Waals surface area contributed by atoms with Gasteiger partial charge in [0.15, 0.2) is 0 Å². The minimum atomic E-state index is -0.879. The van der Waals surface area contributed by atoms with E-state index in [1.54, 1.807) is 6.92 Å². The quantitative estimate of drug-likeness (QED) is 0.723. The lowest BCUT2D eigenvalue weighted by Gasteiger charge is -2.25. The number of rotatable bonds is 8. The van der Waals surface area contributed by atoms with Gasteiger partial charge in [0.05, 0.1) is 6.61 Å². The van der Waals surface area contributed by atoms with Crippen molar-refractivity contribution in [1.82, 2.24) is 5.32 Å². The van der Waals surface area contributed by atoms with Gasteiger partial charge in [-0.25, -0.2) is 0 Å². The number of nitrogens with one attached hydrogen (secondary N) is 1. The molecule has 0 radical (unpaired) electrons. The number of likely N-dealkylation sites (N-methyl/N-ethyl adjacent to an activating group) is 1. The monoisotopic (exact) mass is 293 g/mol. The van der Waals surface area contributed by atoms with Gasteiger partial charge in [0, 0.05) is 0 Å². The molecule has 0 aliphatic rings. The standard InChI is InChI=1S/C17H27NO3/c1-6-18-17(5,16(19)20)8-7-9-21-15-13(3)10-12(2)11-14(15)4/h10-11,18H,6-9H2,1-5H3,(H,19,20). The van der Waals surface area contributed by atoms with Gasteiger partial charge < -0.3 is 15.2 Å². The molecular formula is C17H27NO3. The molecule has 0 aliphatic carbocycles. The van der Waals surface area contributed by atoms with Crippen LogP contribution in [0.2, 0.25) is 0 Å². The predicted octanol–water partition coefficient (Wildman–Crippen LogP) is 3.22. The van der Waals surface area contributed by atoms with E-state index >= 15 is 0 Å². The molecule has 0 saturated heterocycles. The summed E-state index contributed by atoms with van der Waals surface area (Å²) in [6, 6.07) is 4.20. The van der Waals surface area contributed by atoms with Gasteiger partial charge in [-0.15, -0.1) is 0 Å². The molecule has 0 bridgehead atoms. The Morgan fingerprint density at radius 3 is 2.33 bits per heavy atom. The molecule has 4 heteroatoms. The van der Waals surface area contributed by atoms with Crippen LogP contribution in [0.4, 0.5) is 0 Å². The lowest BCUT2D eigenvalue weighted by atomic mass is 9.96. The number of aliphatic carboxylic acids is 1. The van der Waals surface area contributed by atoms with Crippen LogP contribution in [-0.2, 0) is 4.79 Å². The fourth-order valence-electron chi connectivity index (χ4n) is 2.66. The van der Waals surface area contributed by atoms with Crippen LogP contribution in [0.5, 0.6) is 5.75 Å². The normalized spacial score (nSPS) is 13.8. The van der Waals surface area contributed by atoms with Crippen LogP contribution in [0.15, 0.2) is 12.1 Å². The number of carboxylic acids is 1. The van der Waals surface area contributed by atoms with Gasteiger partial charge >= 0.3 is 5.97 Å². The van der Waals surface area contributed by atoms with Crippen LogP contribution >= 0.6 is 0 Å². The van der Waals surface area contributed by atoms with Crippen molar-refractivity contribution >= 4 is 5.97 Å². The third-order valence-corrected chi connectivity index (χ3v) is 3.71. The first kappa shape index (κ1) is 17.5. The van der Waals surface area contributed by atoms with E-state index in [1.807, 2.05) is 20.8 Å². The van der Waals surface area contributed by atoms with Gasteiger partial charge in [0.25, 0.3) is 0 Å². The first-order chi connectivity index (χ1) is 9.80. The Morgan fingerprint density at radius 1 is 1.29 bits per heavy atom. The smallest absolute Gasteiger partial charge is 0.323 e. The van der Waals surface area contributed by atoms with Crippen LogP contribution in [0.3, 0.4) is 0 Å². The molecule has 1 atom stereocenters. The molecule has 1 rings (SSSR count). The second-order valence-corrected chi connectivity index (χ2v) is 5.85. The Kier molecular flexibility index (Phi) is 6.21. The molecule has 1 aromatic carbocycles. The molecule has 0 aromatic heterocycles. The number of aryl methyl sites for hydroxylation is 3. The second-order valence-electron chi connectivity index (χ2n) is 5.85. The van der Waals surface area contributed by atoms with Gasteiger partial charge in [-0.3, -0.25) is 4.79 Å². The molecule has 2 N–H and O–H groups in total. The van der Waals surface area contributed by atoms with Crippen molar-refractivity contribution in [3.63, 3.8) is 0 Å². The summed E-state index contributed by atoms with van der Waals surface area (Å²) in [4.78, 5) is 11.3. The summed E-state index contributed by atoms with van der Waals surface area (Å²) in [7, 11) is 0. The topological polar surface area (TPSA) is 58.6 Å². The lowest BCUT2D eigenvalue weighted by molar-refractivity contribution is -0.144. The average molecular weight is 293 g/mol. The summed E-state index contributed by atoms with van der Waals surface area (Å²) in [5.41, 5.74) is 2.60. The molecular weight excluding hydrogens is 266 g/mol. The molecule has 21 heavy (non-hydrogen) atoms. The van der Waals surface area contributed by atoms with Gasteiger partial charge in [0.2, 0.25) is 0 Å². The maximum absolute atomic E-state index is 11.3. The maximum Gasteiger partial charge on any atom is 0.323 e. The first-order valence-electron chi connectivity index (χ1n) is 7.49. The minimum Gasteiger partial charge on any atom is -0.493 e. The Bertz CT molecular complexity index is 476. The van der Waals surface area contributed by atoms with Crippen molar-refractivity contribution in [2.45, 2.75) is 53.0 Å². The number of carbonyl (C=O) groups is 1. The van der Waals surface area contributed by atoms with E-state index in [2.05, 4.69) is 24.4 Å². The Hall–Kier alpha value is -1.55. The predicted molar refractivity (Wildman–Crippen MR) is 85.1 cm³/mol. The fraction of sp³-hybridized carbons (Fsp3) is 0.588. The Morgan fingerprint density at radius 2 is 1.86 bits per heavy atom. The molecule has 0 fully saturated rings. The summed E-state index contributed by atoms with van der Waals surface area (Å²) in [5.74, 6) is 0.105. The third-order valence-electron chi connectivity index (χ3n) is 3.71. The first-order valence-corrected chi connectivity index (χ1v) is 7.49. The van der Waals surface area contributed by atoms with Gasteiger partial charge in [-0.1, -0.05) is 24.6 Å². The van der Waals surface area contributed by atoms with Gasteiger partial charge in [-0.05, 0) is 58.2 Å². The molecule has 0 amide bonds. The molecule has 0 spiro atoms. The highest BCUT2D eigenvalue weighted by Crippen LogP contribution is 2.25. The van der Waals surface area contributed by atoms with Crippen molar-refractivity contribution in [3.05, 3.63) is 28.8 Å². The van der Waals surface area contributed by atoms with E-state index in [4.69, 9.17) is 4.74 Å². The number of ether oxygens (including phenoxy) is 1. The van der Waals surface area contributed by atoms with E-state index in [0.29, 0.717) is 26.0 Å². The molecule has 4 nitrogen and oxygen atoms in total. The summed E-state index contributed by atoms with van der Waals surface area (Å²) < 4.78 is 5.86. The van der Waals surface area contributed by atoms with Gasteiger partial charge in [0.1, 0.15) is 11.3 Å². The number of benzene rings is 1. The summed E-state index contributed by atoms with van der Waals surface area (Å²) in [6.07, 6.45) is 1.24. The minimum absolute atomic E-state index is 0.527. The van der Waals surface area contributed by atoms with E-state index in [9.17, 15) is 9.90 Å². The van der Waals surface area contributed by atoms with E-state index in [1.165, 1.54) is 5.56 Å². The number of carboxylic acid groups (broad SMARTS) is 1. The Balaban J connectivity index is 2.56. The number of hydrogen-bond donors (Lipinski definition) is 2. The van der Waals surface area contributed by atoms with Crippen LogP contribution in [-0.4, -0.2) is 29.8 Å². The van der Waals surface area contributed by atoms with Crippen molar-refractivity contribution in [3.8, 4) is 5.75 Å². The molecule has 1 aromatic rings. The van der Waals surface area contributed by atoms with Crippen LogP contribution in [0.1, 0.15) is 43.4 Å². The van der Waals surface area contributed by atoms with E-state index in [-0.39, 0.29) is 0 Å². The summed E-state index contributed by atoms with van der Waals surface area (Å²) >= 11 is 0. The summed E-state index contributed by atoms with van der Waals surface area (Å²) in [5, 5.41) is 12.3. The van der Waals surface area contributed by atoms with Crippen molar-refractivity contribution in [2.24, 2.45) is 0 Å². The molecule has 1 unspecified atom stereocenters. The average Bonchev–Trinajstić information content (AvgIpc) is 2.36. The van der Waals surface area contributed by atoms with E-state index < -0.39 is 11.5 Å². The molecule has 118 valence electrons. The van der Waals surface area contributed by atoms with E-state index in [0.717, 1.165) is 16.9 Å². The van der Waals surface area contributed by atoms with Crippen LogP contribution < -0.4 is 10.1 Å². The van der Waals surface area contributed by atoms with Gasteiger partial charge in [-0.2, -0.15) is 0 Å². The molecule has 0 saturated carbocycles. The number of hydrogen-bond acceptors (Lipinski definition) is 3. The summed E-state index contributed by atoms with van der Waals surface area (Å²) in [6.45, 7) is 10.9. The highest BCUT2D eigenvalue weighted by molar-refractivity contribution is 5.78. The zero-order chi connectivity index (χ0) is 16.0. The SMILES string of the molecule is CCNC(C)(CCCOc1c(C)cc(C)cc1C)C(=O)O. The highest BCUT2D eigenvalue weighted by Gasteiger charge is 2.31. The molecule has 0 aliphatic heterocycles. The zero-order valence-corrected chi connectivity index (χ0v) is 13.7. The third kappa shape index (κ3) is 4.74. The van der Waals surface area contributed by atoms with Crippen molar-refractivity contribution in [1.29, 1.82) is 0 Å². The maximum atomic E-state index is 11.3. The fourth-order valence-corrected chi connectivity index (χ4v) is 2.66. The second kappa shape index (κ2) is 7.46. The van der Waals surface area contributed by atoms with Crippen molar-refractivity contribution in [2.75, 3.05) is 13.2 Å². The lowest BCUT2D eigenvalue weighted by Crippen LogP contribution is -2.49. The van der Waals surface area contributed by atoms with Crippen LogP contribution in [0, 0.1) is 20.8 Å². The largest absolute Gasteiger partial charge is 0.493 e. The van der Waals surface area contributed by atoms with Crippen molar-refractivity contribution < 1.29 is 14.6 Å². The molecule has 0 heterocycles. The Labute approximate surface area is 127 Å². The highest BCUT2D eigenvalue weighted by atomic mass is 16.5. The van der Waals surface area contributed by atoms with Crippen LogP contribution in [0.25, 0.3) is 0 Å². The zero-order valence-electron chi connectivity index (χ0n) is 13.7.